The zero-order chi connectivity index (χ0) is 21.3. The number of hydrogen-bond acceptors (Lipinski definition) is 7. The van der Waals surface area contributed by atoms with Crippen molar-refractivity contribution in [1.29, 1.82) is 5.26 Å². The molecule has 2 aromatic heterocycles. The molecular formula is C22H17N5O3. The number of anilines is 1. The average Bonchev–Trinajstić information content (AvgIpc) is 3.38. The number of ether oxygens (including phenoxy) is 1. The number of esters is 1. The van der Waals surface area contributed by atoms with Gasteiger partial charge < -0.3 is 19.6 Å². The molecule has 2 aromatic carbocycles. The summed E-state index contributed by atoms with van der Waals surface area (Å²) >= 11 is 0. The van der Waals surface area contributed by atoms with Crippen LogP contribution >= 0.6 is 0 Å². The Bertz CT molecular complexity index is 1300. The van der Waals surface area contributed by atoms with Gasteiger partial charge in [-0.25, -0.2) is 4.79 Å². The van der Waals surface area contributed by atoms with Gasteiger partial charge in [0.15, 0.2) is 5.69 Å². The van der Waals surface area contributed by atoms with Crippen LogP contribution in [0.5, 0.6) is 0 Å². The fourth-order valence-electron chi connectivity index (χ4n) is 3.18. The van der Waals surface area contributed by atoms with E-state index in [0.717, 1.165) is 11.1 Å². The number of nitrogen functional groups attached to an aromatic ring is 1. The van der Waals surface area contributed by atoms with E-state index in [1.54, 1.807) is 18.2 Å². The lowest BCUT2D eigenvalue weighted by atomic mass is 10.1. The number of nitriles is 1. The molecule has 0 saturated carbocycles. The third-order valence-electron chi connectivity index (χ3n) is 4.73. The fourth-order valence-corrected chi connectivity index (χ4v) is 3.18. The van der Waals surface area contributed by atoms with Crippen molar-refractivity contribution in [2.75, 3.05) is 12.8 Å². The summed E-state index contributed by atoms with van der Waals surface area (Å²) in [5.74, 6) is 0.176. The van der Waals surface area contributed by atoms with Gasteiger partial charge in [-0.3, -0.25) is 0 Å². The Balaban J connectivity index is 1.78. The van der Waals surface area contributed by atoms with Crippen molar-refractivity contribution < 1.29 is 14.1 Å². The van der Waals surface area contributed by atoms with Gasteiger partial charge in [0.2, 0.25) is 5.82 Å². The van der Waals surface area contributed by atoms with Crippen molar-refractivity contribution in [1.82, 2.24) is 14.7 Å². The van der Waals surface area contributed by atoms with Crippen molar-refractivity contribution in [3.8, 4) is 34.6 Å². The number of aromatic nitrogens is 3. The summed E-state index contributed by atoms with van der Waals surface area (Å²) in [6, 6.07) is 16.9. The molecule has 0 atom stereocenters. The Labute approximate surface area is 172 Å². The van der Waals surface area contributed by atoms with E-state index in [-0.39, 0.29) is 16.9 Å². The lowest BCUT2D eigenvalue weighted by Crippen LogP contribution is -2.11. The standard InChI is InChI=1S/C22H17N5O3/c1-13-6-3-4-9-17(13)20-25-21(30-26-20)14-7-5-8-16(10-14)27-12-15(11-23)18(24)19(27)22(28)29-2/h3-10,12H,24H2,1-2H3. The lowest BCUT2D eigenvalue weighted by Gasteiger charge is -2.09. The van der Waals surface area contributed by atoms with Crippen LogP contribution in [0.15, 0.2) is 59.3 Å². The highest BCUT2D eigenvalue weighted by Gasteiger charge is 2.22. The highest BCUT2D eigenvalue weighted by atomic mass is 16.5. The van der Waals surface area contributed by atoms with Crippen molar-refractivity contribution in [2.24, 2.45) is 0 Å². The molecule has 2 N–H and O–H groups in total. The SMILES string of the molecule is COC(=O)c1c(N)c(C#N)cn1-c1cccc(-c2nc(-c3ccccc3C)no2)c1. The first kappa shape index (κ1) is 19.0. The van der Waals surface area contributed by atoms with Gasteiger partial charge in [0.1, 0.15) is 6.07 Å². The lowest BCUT2D eigenvalue weighted by molar-refractivity contribution is 0.0593. The predicted molar refractivity (Wildman–Crippen MR) is 110 cm³/mol. The van der Waals surface area contributed by atoms with Crippen LogP contribution in [0.4, 0.5) is 5.69 Å². The van der Waals surface area contributed by atoms with Crippen LogP contribution in [0, 0.1) is 18.3 Å². The summed E-state index contributed by atoms with van der Waals surface area (Å²) in [7, 11) is 1.26. The molecule has 0 fully saturated rings. The van der Waals surface area contributed by atoms with Gasteiger partial charge >= 0.3 is 5.97 Å². The van der Waals surface area contributed by atoms with Gasteiger partial charge in [-0.1, -0.05) is 35.5 Å². The van der Waals surface area contributed by atoms with Crippen LogP contribution < -0.4 is 5.73 Å². The van der Waals surface area contributed by atoms with E-state index in [4.69, 9.17) is 15.0 Å². The summed E-state index contributed by atoms with van der Waals surface area (Å²) in [5.41, 5.74) is 9.47. The molecule has 0 radical (unpaired) electrons. The molecule has 0 unspecified atom stereocenters. The third kappa shape index (κ3) is 3.18. The molecule has 0 aliphatic rings. The minimum atomic E-state index is -0.640. The quantitative estimate of drug-likeness (QED) is 0.519. The molecule has 0 amide bonds. The average molecular weight is 399 g/mol. The molecular weight excluding hydrogens is 382 g/mol. The summed E-state index contributed by atoms with van der Waals surface area (Å²) in [5, 5.41) is 13.4. The van der Waals surface area contributed by atoms with Crippen LogP contribution in [0.2, 0.25) is 0 Å². The number of nitrogens with zero attached hydrogens (tertiary/aromatic N) is 4. The van der Waals surface area contributed by atoms with E-state index in [1.807, 2.05) is 43.3 Å². The third-order valence-corrected chi connectivity index (χ3v) is 4.73. The van der Waals surface area contributed by atoms with Crippen LogP contribution in [0.1, 0.15) is 21.6 Å². The Morgan fingerprint density at radius 3 is 2.77 bits per heavy atom. The van der Waals surface area contributed by atoms with E-state index < -0.39 is 5.97 Å². The van der Waals surface area contributed by atoms with Crippen LogP contribution in [-0.4, -0.2) is 27.8 Å². The summed E-state index contributed by atoms with van der Waals surface area (Å²) in [4.78, 5) is 16.7. The maximum Gasteiger partial charge on any atom is 0.357 e. The maximum atomic E-state index is 12.2. The van der Waals surface area contributed by atoms with Crippen molar-refractivity contribution in [3.63, 3.8) is 0 Å². The number of aryl methyl sites for hydroxylation is 1. The molecule has 30 heavy (non-hydrogen) atoms. The largest absolute Gasteiger partial charge is 0.464 e. The number of carbonyl (C=O) groups excluding carboxylic acids is 1. The Kier molecular flexibility index (Phi) is 4.78. The first-order valence-electron chi connectivity index (χ1n) is 9.03. The van der Waals surface area contributed by atoms with E-state index in [9.17, 15) is 10.1 Å². The first-order valence-corrected chi connectivity index (χ1v) is 9.03. The molecule has 2 heterocycles. The van der Waals surface area contributed by atoms with Crippen molar-refractivity contribution in [3.05, 3.63) is 71.5 Å². The monoisotopic (exact) mass is 399 g/mol. The smallest absolute Gasteiger partial charge is 0.357 e. The van der Waals surface area contributed by atoms with E-state index in [2.05, 4.69) is 10.1 Å². The number of carbonyl (C=O) groups is 1. The number of rotatable bonds is 4. The van der Waals surface area contributed by atoms with E-state index in [1.165, 1.54) is 17.9 Å². The van der Waals surface area contributed by atoms with Gasteiger partial charge in [-0.05, 0) is 30.7 Å². The number of hydrogen-bond donors (Lipinski definition) is 1. The maximum absolute atomic E-state index is 12.2. The second-order valence-electron chi connectivity index (χ2n) is 6.57. The van der Waals surface area contributed by atoms with Crippen LogP contribution in [0.25, 0.3) is 28.5 Å². The van der Waals surface area contributed by atoms with Crippen LogP contribution in [-0.2, 0) is 4.74 Å². The van der Waals surface area contributed by atoms with E-state index in [0.29, 0.717) is 23.0 Å². The fraction of sp³-hybridized carbons (Fsp3) is 0.0909. The van der Waals surface area contributed by atoms with E-state index >= 15 is 0 Å². The molecule has 4 aromatic rings. The molecule has 4 rings (SSSR count). The normalized spacial score (nSPS) is 10.6. The molecule has 8 nitrogen and oxygen atoms in total. The Morgan fingerprint density at radius 2 is 2.03 bits per heavy atom. The topological polar surface area (TPSA) is 120 Å². The zero-order valence-electron chi connectivity index (χ0n) is 16.3. The highest BCUT2D eigenvalue weighted by Crippen LogP contribution is 2.28. The highest BCUT2D eigenvalue weighted by molar-refractivity contribution is 5.96. The molecule has 148 valence electrons. The van der Waals surface area contributed by atoms with Crippen molar-refractivity contribution >= 4 is 11.7 Å². The van der Waals surface area contributed by atoms with Crippen LogP contribution in [0.3, 0.4) is 0 Å². The van der Waals surface area contributed by atoms with Gasteiger partial charge in [0.25, 0.3) is 5.89 Å². The number of methoxy groups -OCH3 is 1. The minimum Gasteiger partial charge on any atom is -0.464 e. The molecule has 0 bridgehead atoms. The van der Waals surface area contributed by atoms with Crippen molar-refractivity contribution in [2.45, 2.75) is 6.92 Å². The summed E-state index contributed by atoms with van der Waals surface area (Å²) in [6.07, 6.45) is 1.49. The minimum absolute atomic E-state index is 0.0642. The zero-order valence-corrected chi connectivity index (χ0v) is 16.3. The summed E-state index contributed by atoms with van der Waals surface area (Å²) < 4.78 is 11.8. The molecule has 0 aliphatic carbocycles. The van der Waals surface area contributed by atoms with Gasteiger partial charge in [0.05, 0.1) is 18.4 Å². The molecule has 0 spiro atoms. The molecule has 0 aliphatic heterocycles. The summed E-state index contributed by atoms with van der Waals surface area (Å²) in [6.45, 7) is 1.98. The first-order chi connectivity index (χ1) is 14.5. The van der Waals surface area contributed by atoms with Gasteiger partial charge in [0, 0.05) is 23.0 Å². The molecule has 0 saturated heterocycles. The Hall–Kier alpha value is -4.38. The number of benzene rings is 2. The second kappa shape index (κ2) is 7.56. The van der Waals surface area contributed by atoms with Gasteiger partial charge in [-0.2, -0.15) is 10.2 Å². The number of nitrogens with two attached hydrogens (primary N) is 1. The second-order valence-corrected chi connectivity index (χ2v) is 6.57. The van der Waals surface area contributed by atoms with Gasteiger partial charge in [-0.15, -0.1) is 0 Å². The Morgan fingerprint density at radius 1 is 1.23 bits per heavy atom. The predicted octanol–water partition coefficient (Wildman–Crippen LogP) is 3.74. The molecule has 8 heteroatoms.